The highest BCUT2D eigenvalue weighted by Gasteiger charge is 2.07. The maximum absolute atomic E-state index is 11.6. The SMILES string of the molecule is O=C(NCc1ccc(Cl)cc1)Oc1ccc([N+](=O)[O-])cc1. The van der Waals surface area contributed by atoms with Gasteiger partial charge in [-0.25, -0.2) is 4.79 Å². The fourth-order valence-electron chi connectivity index (χ4n) is 1.56. The Morgan fingerprint density at radius 3 is 2.33 bits per heavy atom. The second kappa shape index (κ2) is 6.71. The van der Waals surface area contributed by atoms with Gasteiger partial charge >= 0.3 is 6.09 Å². The first-order chi connectivity index (χ1) is 10.0. The molecule has 7 heteroatoms. The van der Waals surface area contributed by atoms with E-state index in [0.29, 0.717) is 11.6 Å². The predicted molar refractivity (Wildman–Crippen MR) is 77.4 cm³/mol. The van der Waals surface area contributed by atoms with Crippen molar-refractivity contribution >= 4 is 23.4 Å². The van der Waals surface area contributed by atoms with Gasteiger partial charge in [0.1, 0.15) is 5.75 Å². The molecule has 0 atom stereocenters. The van der Waals surface area contributed by atoms with Crippen molar-refractivity contribution in [2.24, 2.45) is 0 Å². The number of nitro groups is 1. The lowest BCUT2D eigenvalue weighted by atomic mass is 10.2. The highest BCUT2D eigenvalue weighted by Crippen LogP contribution is 2.17. The van der Waals surface area contributed by atoms with Gasteiger partial charge in [-0.3, -0.25) is 10.1 Å². The van der Waals surface area contributed by atoms with Crippen molar-refractivity contribution in [1.29, 1.82) is 0 Å². The number of nitro benzene ring substituents is 1. The second-order valence-electron chi connectivity index (χ2n) is 4.12. The molecular formula is C14H11ClN2O4. The van der Waals surface area contributed by atoms with Gasteiger partial charge in [0.2, 0.25) is 0 Å². The van der Waals surface area contributed by atoms with Gasteiger partial charge in [-0.2, -0.15) is 0 Å². The maximum Gasteiger partial charge on any atom is 0.412 e. The van der Waals surface area contributed by atoms with Crippen LogP contribution in [0, 0.1) is 10.1 Å². The van der Waals surface area contributed by atoms with E-state index in [4.69, 9.17) is 16.3 Å². The smallest absolute Gasteiger partial charge is 0.410 e. The molecule has 6 nitrogen and oxygen atoms in total. The Bertz CT molecular complexity index is 641. The Balaban J connectivity index is 1.86. The van der Waals surface area contributed by atoms with Crippen molar-refractivity contribution in [3.63, 3.8) is 0 Å². The van der Waals surface area contributed by atoms with Crippen LogP contribution in [-0.2, 0) is 6.54 Å². The molecule has 2 aromatic rings. The Hall–Kier alpha value is -2.60. The Labute approximate surface area is 125 Å². The normalized spacial score (nSPS) is 9.95. The number of nitrogens with one attached hydrogen (secondary N) is 1. The van der Waals surface area contributed by atoms with Crippen molar-refractivity contribution in [3.8, 4) is 5.75 Å². The molecule has 0 radical (unpaired) electrons. The molecular weight excluding hydrogens is 296 g/mol. The van der Waals surface area contributed by atoms with Gasteiger partial charge in [0.25, 0.3) is 5.69 Å². The summed E-state index contributed by atoms with van der Waals surface area (Å²) in [7, 11) is 0. The summed E-state index contributed by atoms with van der Waals surface area (Å²) in [4.78, 5) is 21.5. The fraction of sp³-hybridized carbons (Fsp3) is 0.0714. The third-order valence-electron chi connectivity index (χ3n) is 2.61. The van der Waals surface area contributed by atoms with Crippen LogP contribution in [0.15, 0.2) is 48.5 Å². The first kappa shape index (κ1) is 14.8. The Morgan fingerprint density at radius 2 is 1.76 bits per heavy atom. The van der Waals surface area contributed by atoms with Crippen molar-refractivity contribution in [2.45, 2.75) is 6.54 Å². The highest BCUT2D eigenvalue weighted by atomic mass is 35.5. The minimum Gasteiger partial charge on any atom is -0.410 e. The summed E-state index contributed by atoms with van der Waals surface area (Å²) >= 11 is 5.76. The Morgan fingerprint density at radius 1 is 1.14 bits per heavy atom. The predicted octanol–water partition coefficient (Wildman–Crippen LogP) is 3.54. The fourth-order valence-corrected chi connectivity index (χ4v) is 1.68. The van der Waals surface area contributed by atoms with Gasteiger partial charge in [0, 0.05) is 23.7 Å². The molecule has 1 amide bonds. The quantitative estimate of drug-likeness (QED) is 0.692. The first-order valence-corrected chi connectivity index (χ1v) is 6.37. The number of rotatable bonds is 4. The van der Waals surface area contributed by atoms with Crippen LogP contribution in [0.25, 0.3) is 0 Å². The van der Waals surface area contributed by atoms with Gasteiger partial charge in [0.05, 0.1) is 4.92 Å². The molecule has 0 saturated carbocycles. The number of amides is 1. The van der Waals surface area contributed by atoms with Crippen LogP contribution in [0.2, 0.25) is 5.02 Å². The molecule has 21 heavy (non-hydrogen) atoms. The van der Waals surface area contributed by atoms with E-state index in [9.17, 15) is 14.9 Å². The molecule has 0 aliphatic carbocycles. The lowest BCUT2D eigenvalue weighted by molar-refractivity contribution is -0.384. The number of benzene rings is 2. The zero-order valence-corrected chi connectivity index (χ0v) is 11.5. The highest BCUT2D eigenvalue weighted by molar-refractivity contribution is 6.30. The summed E-state index contributed by atoms with van der Waals surface area (Å²) in [5.41, 5.74) is 0.809. The number of nitrogens with zero attached hydrogens (tertiary/aromatic N) is 1. The molecule has 0 spiro atoms. The number of hydrogen-bond donors (Lipinski definition) is 1. The van der Waals surface area contributed by atoms with E-state index in [0.717, 1.165) is 5.56 Å². The number of hydrogen-bond acceptors (Lipinski definition) is 4. The summed E-state index contributed by atoms with van der Waals surface area (Å²) in [6.45, 7) is 0.295. The van der Waals surface area contributed by atoms with Crippen LogP contribution in [0.3, 0.4) is 0 Å². The van der Waals surface area contributed by atoms with Gasteiger partial charge in [-0.15, -0.1) is 0 Å². The van der Waals surface area contributed by atoms with E-state index in [1.807, 2.05) is 0 Å². The number of halogens is 1. The van der Waals surface area contributed by atoms with Crippen molar-refractivity contribution in [2.75, 3.05) is 0 Å². The zero-order chi connectivity index (χ0) is 15.2. The van der Waals surface area contributed by atoms with E-state index in [-0.39, 0.29) is 11.4 Å². The standard InChI is InChI=1S/C14H11ClN2O4/c15-11-3-1-10(2-4-11)9-16-14(18)21-13-7-5-12(6-8-13)17(19)20/h1-8H,9H2,(H,16,18). The van der Waals surface area contributed by atoms with E-state index in [1.54, 1.807) is 24.3 Å². The maximum atomic E-state index is 11.6. The third kappa shape index (κ3) is 4.47. The number of carbonyl (C=O) groups excluding carboxylic acids is 1. The van der Waals surface area contributed by atoms with Gasteiger partial charge in [-0.1, -0.05) is 23.7 Å². The first-order valence-electron chi connectivity index (χ1n) is 5.99. The van der Waals surface area contributed by atoms with Crippen LogP contribution >= 0.6 is 11.6 Å². The third-order valence-corrected chi connectivity index (χ3v) is 2.86. The lowest BCUT2D eigenvalue weighted by Gasteiger charge is -2.06. The summed E-state index contributed by atoms with van der Waals surface area (Å²) in [5, 5.41) is 13.7. The molecule has 0 bridgehead atoms. The zero-order valence-electron chi connectivity index (χ0n) is 10.8. The number of non-ortho nitro benzene ring substituents is 1. The molecule has 2 rings (SSSR count). The van der Waals surface area contributed by atoms with Gasteiger partial charge in [0.15, 0.2) is 0 Å². The van der Waals surface area contributed by atoms with E-state index in [1.165, 1.54) is 24.3 Å². The summed E-state index contributed by atoms with van der Waals surface area (Å²) in [6, 6.07) is 12.3. The van der Waals surface area contributed by atoms with Crippen LogP contribution in [0.4, 0.5) is 10.5 Å². The van der Waals surface area contributed by atoms with Crippen molar-refractivity contribution in [3.05, 3.63) is 69.2 Å². The average molecular weight is 307 g/mol. The molecule has 2 aromatic carbocycles. The number of carbonyl (C=O) groups is 1. The molecule has 0 heterocycles. The molecule has 0 aliphatic rings. The minimum absolute atomic E-state index is 0.0658. The van der Waals surface area contributed by atoms with Crippen LogP contribution < -0.4 is 10.1 Å². The van der Waals surface area contributed by atoms with Crippen LogP contribution in [0.5, 0.6) is 5.75 Å². The number of ether oxygens (including phenoxy) is 1. The van der Waals surface area contributed by atoms with E-state index < -0.39 is 11.0 Å². The molecule has 0 aliphatic heterocycles. The lowest BCUT2D eigenvalue weighted by Crippen LogP contribution is -2.26. The average Bonchev–Trinajstić information content (AvgIpc) is 2.47. The molecule has 1 N–H and O–H groups in total. The largest absolute Gasteiger partial charge is 0.412 e. The van der Waals surface area contributed by atoms with Gasteiger partial charge in [-0.05, 0) is 29.8 Å². The summed E-state index contributed by atoms with van der Waals surface area (Å²) in [5.74, 6) is 0.231. The molecule has 0 fully saturated rings. The molecule has 0 aromatic heterocycles. The molecule has 108 valence electrons. The minimum atomic E-state index is -0.640. The van der Waals surface area contributed by atoms with Crippen molar-refractivity contribution < 1.29 is 14.5 Å². The summed E-state index contributed by atoms with van der Waals surface area (Å²) < 4.78 is 5.00. The van der Waals surface area contributed by atoms with Crippen LogP contribution in [-0.4, -0.2) is 11.0 Å². The molecule has 0 unspecified atom stereocenters. The van der Waals surface area contributed by atoms with Crippen molar-refractivity contribution in [1.82, 2.24) is 5.32 Å². The topological polar surface area (TPSA) is 81.5 Å². The summed E-state index contributed by atoms with van der Waals surface area (Å²) in [6.07, 6.45) is -0.640. The van der Waals surface area contributed by atoms with Crippen LogP contribution in [0.1, 0.15) is 5.56 Å². The monoisotopic (exact) mass is 306 g/mol. The van der Waals surface area contributed by atoms with E-state index >= 15 is 0 Å². The molecule has 0 saturated heterocycles. The second-order valence-corrected chi connectivity index (χ2v) is 4.56. The Kier molecular flexibility index (Phi) is 4.73. The van der Waals surface area contributed by atoms with Gasteiger partial charge < -0.3 is 10.1 Å². The van der Waals surface area contributed by atoms with E-state index in [2.05, 4.69) is 5.32 Å².